The van der Waals surface area contributed by atoms with Gasteiger partial charge in [0, 0.05) is 23.5 Å². The summed E-state index contributed by atoms with van der Waals surface area (Å²) < 4.78 is 1.49. The fraction of sp³-hybridized carbons (Fsp3) is 0.0769. The first-order valence-corrected chi connectivity index (χ1v) is 5.56. The predicted octanol–water partition coefficient (Wildman–Crippen LogP) is 1.18. The summed E-state index contributed by atoms with van der Waals surface area (Å²) in [7, 11) is 0. The molecule has 0 radical (unpaired) electrons. The second-order valence-electron chi connectivity index (χ2n) is 3.93. The number of nitrogens with zero attached hydrogens (tertiary/aromatic N) is 2. The topological polar surface area (TPSA) is 70.4 Å². The lowest BCUT2D eigenvalue weighted by Crippen LogP contribution is -2.09. The summed E-state index contributed by atoms with van der Waals surface area (Å²) in [4.78, 5) is 14.4. The zero-order valence-corrected chi connectivity index (χ0v) is 9.50. The van der Waals surface area contributed by atoms with E-state index >= 15 is 0 Å². The SMILES string of the molecule is O=c1[nH]ccn2nc(-c3ccccc3)c(CO)c12. The van der Waals surface area contributed by atoms with E-state index in [0.29, 0.717) is 16.8 Å². The maximum absolute atomic E-state index is 11.8. The highest BCUT2D eigenvalue weighted by atomic mass is 16.3. The van der Waals surface area contributed by atoms with E-state index in [1.807, 2.05) is 30.3 Å². The first-order valence-electron chi connectivity index (χ1n) is 5.56. The molecule has 0 aliphatic heterocycles. The van der Waals surface area contributed by atoms with Crippen molar-refractivity contribution in [2.24, 2.45) is 0 Å². The van der Waals surface area contributed by atoms with Gasteiger partial charge in [0.15, 0.2) is 0 Å². The van der Waals surface area contributed by atoms with Crippen LogP contribution in [0.1, 0.15) is 5.56 Å². The van der Waals surface area contributed by atoms with E-state index in [0.717, 1.165) is 5.56 Å². The van der Waals surface area contributed by atoms with Crippen molar-refractivity contribution in [3.05, 3.63) is 58.6 Å². The van der Waals surface area contributed by atoms with E-state index in [1.54, 1.807) is 6.20 Å². The molecule has 2 heterocycles. The molecule has 3 rings (SSSR count). The monoisotopic (exact) mass is 241 g/mol. The summed E-state index contributed by atoms with van der Waals surface area (Å²) in [6.07, 6.45) is 3.18. The van der Waals surface area contributed by atoms with Gasteiger partial charge in [-0.05, 0) is 0 Å². The molecule has 3 aromatic rings. The number of benzene rings is 1. The second-order valence-corrected chi connectivity index (χ2v) is 3.93. The van der Waals surface area contributed by atoms with E-state index in [9.17, 15) is 9.90 Å². The van der Waals surface area contributed by atoms with Gasteiger partial charge in [-0.1, -0.05) is 30.3 Å². The molecule has 1 aromatic carbocycles. The van der Waals surface area contributed by atoms with Crippen molar-refractivity contribution in [1.29, 1.82) is 0 Å². The van der Waals surface area contributed by atoms with Gasteiger partial charge in [0.2, 0.25) is 0 Å². The van der Waals surface area contributed by atoms with Crippen LogP contribution >= 0.6 is 0 Å². The van der Waals surface area contributed by atoms with Gasteiger partial charge in [0.25, 0.3) is 5.56 Å². The van der Waals surface area contributed by atoms with Crippen LogP contribution < -0.4 is 5.56 Å². The van der Waals surface area contributed by atoms with Crippen LogP contribution in [0.2, 0.25) is 0 Å². The Bertz CT molecular complexity index is 744. The zero-order valence-electron chi connectivity index (χ0n) is 9.50. The molecule has 5 nitrogen and oxygen atoms in total. The van der Waals surface area contributed by atoms with Crippen LogP contribution in [0.4, 0.5) is 0 Å². The first-order chi connectivity index (χ1) is 8.81. The minimum Gasteiger partial charge on any atom is -0.392 e. The minimum absolute atomic E-state index is 0.221. The molecule has 0 amide bonds. The van der Waals surface area contributed by atoms with Crippen molar-refractivity contribution in [2.45, 2.75) is 6.61 Å². The molecule has 0 aliphatic rings. The molecular formula is C13H11N3O2. The van der Waals surface area contributed by atoms with Gasteiger partial charge in [0.1, 0.15) is 5.52 Å². The largest absolute Gasteiger partial charge is 0.392 e. The lowest BCUT2D eigenvalue weighted by molar-refractivity contribution is 0.283. The summed E-state index contributed by atoms with van der Waals surface area (Å²) >= 11 is 0. The van der Waals surface area contributed by atoms with Gasteiger partial charge < -0.3 is 10.1 Å². The summed E-state index contributed by atoms with van der Waals surface area (Å²) in [6, 6.07) is 9.49. The summed E-state index contributed by atoms with van der Waals surface area (Å²) in [5.41, 5.74) is 2.19. The summed E-state index contributed by atoms with van der Waals surface area (Å²) in [6.45, 7) is -0.221. The van der Waals surface area contributed by atoms with Crippen LogP contribution in [-0.2, 0) is 6.61 Å². The predicted molar refractivity (Wildman–Crippen MR) is 67.2 cm³/mol. The number of nitrogens with one attached hydrogen (secondary N) is 1. The van der Waals surface area contributed by atoms with Crippen molar-refractivity contribution < 1.29 is 5.11 Å². The molecule has 90 valence electrons. The average Bonchev–Trinajstić information content (AvgIpc) is 2.79. The molecule has 18 heavy (non-hydrogen) atoms. The molecule has 0 fully saturated rings. The number of aromatic nitrogens is 3. The van der Waals surface area contributed by atoms with E-state index in [2.05, 4.69) is 10.1 Å². The molecule has 0 saturated carbocycles. The summed E-state index contributed by atoms with van der Waals surface area (Å²) in [5, 5.41) is 13.8. The number of fused-ring (bicyclic) bond motifs is 1. The van der Waals surface area contributed by atoms with Crippen LogP contribution in [-0.4, -0.2) is 19.7 Å². The van der Waals surface area contributed by atoms with Gasteiger partial charge in [-0.2, -0.15) is 5.10 Å². The van der Waals surface area contributed by atoms with Crippen LogP contribution in [0, 0.1) is 0 Å². The molecule has 2 aromatic heterocycles. The Kier molecular flexibility index (Phi) is 2.46. The maximum atomic E-state index is 11.8. The van der Waals surface area contributed by atoms with Gasteiger partial charge in [-0.3, -0.25) is 4.79 Å². The van der Waals surface area contributed by atoms with Gasteiger partial charge in [-0.25, -0.2) is 4.52 Å². The van der Waals surface area contributed by atoms with Crippen LogP contribution in [0.15, 0.2) is 47.5 Å². The quantitative estimate of drug-likeness (QED) is 0.707. The Morgan fingerprint density at radius 1 is 1.28 bits per heavy atom. The normalized spacial score (nSPS) is 10.9. The highest BCUT2D eigenvalue weighted by molar-refractivity contribution is 5.71. The molecule has 0 unspecified atom stereocenters. The highest BCUT2D eigenvalue weighted by Gasteiger charge is 2.15. The third-order valence-corrected chi connectivity index (χ3v) is 2.86. The fourth-order valence-electron chi connectivity index (χ4n) is 2.05. The molecule has 0 saturated heterocycles. The van der Waals surface area contributed by atoms with Crippen molar-refractivity contribution >= 4 is 5.52 Å². The third-order valence-electron chi connectivity index (χ3n) is 2.86. The Morgan fingerprint density at radius 3 is 2.78 bits per heavy atom. The second kappa shape index (κ2) is 4.12. The Morgan fingerprint density at radius 2 is 2.06 bits per heavy atom. The lowest BCUT2D eigenvalue weighted by atomic mass is 10.1. The van der Waals surface area contributed by atoms with Crippen molar-refractivity contribution in [3.8, 4) is 11.3 Å². The summed E-state index contributed by atoms with van der Waals surface area (Å²) in [5.74, 6) is 0. The third kappa shape index (κ3) is 1.53. The highest BCUT2D eigenvalue weighted by Crippen LogP contribution is 2.24. The number of H-pyrrole nitrogens is 1. The number of rotatable bonds is 2. The molecule has 0 spiro atoms. The maximum Gasteiger partial charge on any atom is 0.274 e. The lowest BCUT2D eigenvalue weighted by Gasteiger charge is -1.98. The van der Waals surface area contributed by atoms with Crippen LogP contribution in [0.5, 0.6) is 0 Å². The standard InChI is InChI=1S/C13H11N3O2/c17-8-10-11(9-4-2-1-3-5-9)15-16-7-6-14-13(18)12(10)16/h1-7,17H,8H2,(H,14,18). The van der Waals surface area contributed by atoms with E-state index in [1.165, 1.54) is 10.7 Å². The molecule has 0 atom stereocenters. The number of hydrogen-bond donors (Lipinski definition) is 2. The van der Waals surface area contributed by atoms with Crippen LogP contribution in [0.25, 0.3) is 16.8 Å². The molecular weight excluding hydrogens is 230 g/mol. The average molecular weight is 241 g/mol. The number of hydrogen-bond acceptors (Lipinski definition) is 3. The van der Waals surface area contributed by atoms with E-state index in [-0.39, 0.29) is 12.2 Å². The number of aromatic amines is 1. The van der Waals surface area contributed by atoms with E-state index in [4.69, 9.17) is 0 Å². The smallest absolute Gasteiger partial charge is 0.274 e. The number of aliphatic hydroxyl groups excluding tert-OH is 1. The zero-order chi connectivity index (χ0) is 12.5. The van der Waals surface area contributed by atoms with Crippen molar-refractivity contribution in [3.63, 3.8) is 0 Å². The van der Waals surface area contributed by atoms with Crippen LogP contribution in [0.3, 0.4) is 0 Å². The minimum atomic E-state index is -0.253. The van der Waals surface area contributed by atoms with Gasteiger partial charge in [-0.15, -0.1) is 0 Å². The van der Waals surface area contributed by atoms with E-state index < -0.39 is 0 Å². The molecule has 5 heteroatoms. The van der Waals surface area contributed by atoms with Gasteiger partial charge >= 0.3 is 0 Å². The number of aliphatic hydroxyl groups is 1. The van der Waals surface area contributed by atoms with Crippen molar-refractivity contribution in [1.82, 2.24) is 14.6 Å². The Hall–Kier alpha value is -2.40. The molecule has 2 N–H and O–H groups in total. The first kappa shape index (κ1) is 10.7. The van der Waals surface area contributed by atoms with Gasteiger partial charge in [0.05, 0.1) is 12.3 Å². The molecule has 0 bridgehead atoms. The Labute approximate surface area is 102 Å². The van der Waals surface area contributed by atoms with Crippen molar-refractivity contribution in [2.75, 3.05) is 0 Å². The molecule has 0 aliphatic carbocycles. The fourth-order valence-corrected chi connectivity index (χ4v) is 2.05. The Balaban J connectivity index is 2.38.